The molecule has 1 atom stereocenters. The van der Waals surface area contributed by atoms with E-state index >= 15 is 0 Å². The number of rotatable bonds is 3. The minimum absolute atomic E-state index is 0.0973. The predicted molar refractivity (Wildman–Crippen MR) is 95.3 cm³/mol. The number of urea groups is 1. The van der Waals surface area contributed by atoms with Crippen LogP contribution in [0.3, 0.4) is 0 Å². The molecule has 1 aliphatic heterocycles. The van der Waals surface area contributed by atoms with E-state index in [1.54, 1.807) is 11.1 Å². The fraction of sp³-hybridized carbons (Fsp3) is 0.444. The van der Waals surface area contributed by atoms with Crippen LogP contribution in [0.2, 0.25) is 0 Å². The summed E-state index contributed by atoms with van der Waals surface area (Å²) in [7, 11) is 4.09. The summed E-state index contributed by atoms with van der Waals surface area (Å²) in [6, 6.07) is 8.25. The maximum absolute atomic E-state index is 12.5. The van der Waals surface area contributed by atoms with Gasteiger partial charge in [0.1, 0.15) is 0 Å². The Bertz CT molecular complexity index is 726. The Morgan fingerprint density at radius 3 is 2.79 bits per heavy atom. The zero-order valence-electron chi connectivity index (χ0n) is 14.5. The molecule has 0 saturated carbocycles. The van der Waals surface area contributed by atoms with Crippen molar-refractivity contribution in [1.82, 2.24) is 14.8 Å². The number of nitrogens with one attached hydrogen (secondary N) is 1. The van der Waals surface area contributed by atoms with Crippen LogP contribution in [-0.4, -0.2) is 61.2 Å². The second kappa shape index (κ2) is 7.15. The summed E-state index contributed by atoms with van der Waals surface area (Å²) in [6.07, 6.45) is 1.75. The van der Waals surface area contributed by atoms with Crippen molar-refractivity contribution in [1.29, 1.82) is 0 Å². The molecule has 0 spiro atoms. The zero-order valence-corrected chi connectivity index (χ0v) is 14.5. The van der Waals surface area contributed by atoms with Crippen molar-refractivity contribution in [3.05, 3.63) is 36.0 Å². The van der Waals surface area contributed by atoms with Gasteiger partial charge in [0, 0.05) is 30.7 Å². The van der Waals surface area contributed by atoms with Crippen LogP contribution in [0.5, 0.6) is 0 Å². The molecule has 128 valence electrons. The molecule has 1 N–H and O–H groups in total. The van der Waals surface area contributed by atoms with Gasteiger partial charge in [0.15, 0.2) is 0 Å². The summed E-state index contributed by atoms with van der Waals surface area (Å²) in [5, 5.41) is 4.07. The highest BCUT2D eigenvalue weighted by molar-refractivity contribution is 6.00. The molecule has 1 saturated heterocycles. The van der Waals surface area contributed by atoms with Gasteiger partial charge < -0.3 is 19.9 Å². The number of morpholine rings is 1. The van der Waals surface area contributed by atoms with Crippen molar-refractivity contribution in [3.8, 4) is 0 Å². The number of fused-ring (bicyclic) bond motifs is 1. The third-order valence-corrected chi connectivity index (χ3v) is 4.52. The van der Waals surface area contributed by atoms with Crippen LogP contribution in [0.4, 0.5) is 10.5 Å². The number of carbonyl (C=O) groups excluding carboxylic acids is 1. The Morgan fingerprint density at radius 1 is 1.33 bits per heavy atom. The van der Waals surface area contributed by atoms with Crippen molar-refractivity contribution in [3.63, 3.8) is 0 Å². The molecule has 2 aromatic rings. The van der Waals surface area contributed by atoms with E-state index in [0.29, 0.717) is 26.3 Å². The van der Waals surface area contributed by atoms with Gasteiger partial charge in [-0.3, -0.25) is 4.98 Å². The first-order valence-corrected chi connectivity index (χ1v) is 8.25. The molecule has 3 rings (SSSR count). The highest BCUT2D eigenvalue weighted by Gasteiger charge is 2.19. The van der Waals surface area contributed by atoms with Crippen LogP contribution in [0.25, 0.3) is 10.9 Å². The van der Waals surface area contributed by atoms with Gasteiger partial charge in [0.2, 0.25) is 0 Å². The van der Waals surface area contributed by atoms with E-state index in [1.807, 2.05) is 32.3 Å². The number of benzene rings is 1. The van der Waals surface area contributed by atoms with Gasteiger partial charge in [0.05, 0.1) is 24.4 Å². The van der Waals surface area contributed by atoms with Crippen molar-refractivity contribution in [2.24, 2.45) is 0 Å². The number of aromatic nitrogens is 1. The summed E-state index contributed by atoms with van der Waals surface area (Å²) >= 11 is 0. The molecule has 2 amide bonds. The van der Waals surface area contributed by atoms with Crippen molar-refractivity contribution in [2.75, 3.05) is 45.7 Å². The number of nitrogens with zero attached hydrogens (tertiary/aromatic N) is 3. The molecule has 0 bridgehead atoms. The summed E-state index contributed by atoms with van der Waals surface area (Å²) in [6.45, 7) is 4.55. The SMILES string of the molecule is CC(c1cc(NC(=O)N2CCOCC2)c2ncccc2c1)N(C)C. The summed E-state index contributed by atoms with van der Waals surface area (Å²) in [4.78, 5) is 20.9. The number of amides is 2. The minimum atomic E-state index is -0.0973. The number of carbonyl (C=O) groups is 1. The summed E-state index contributed by atoms with van der Waals surface area (Å²) in [5.41, 5.74) is 2.72. The Morgan fingerprint density at radius 2 is 2.08 bits per heavy atom. The molecular weight excluding hydrogens is 304 g/mol. The molecule has 1 aromatic heterocycles. The number of hydrogen-bond donors (Lipinski definition) is 1. The van der Waals surface area contributed by atoms with Crippen molar-refractivity contribution in [2.45, 2.75) is 13.0 Å². The van der Waals surface area contributed by atoms with Crippen LogP contribution in [-0.2, 0) is 4.74 Å². The standard InChI is InChI=1S/C18H24N4O2/c1-13(21(2)3)15-11-14-5-4-6-19-17(14)16(12-15)20-18(23)22-7-9-24-10-8-22/h4-6,11-13H,7-10H2,1-3H3,(H,20,23). The predicted octanol–water partition coefficient (Wildman–Crippen LogP) is 2.72. The van der Waals surface area contributed by atoms with Gasteiger partial charge in [0.25, 0.3) is 0 Å². The smallest absolute Gasteiger partial charge is 0.322 e. The molecule has 1 unspecified atom stereocenters. The van der Waals surface area contributed by atoms with Crippen LogP contribution < -0.4 is 5.32 Å². The number of ether oxygens (including phenoxy) is 1. The lowest BCUT2D eigenvalue weighted by atomic mass is 10.0. The normalized spacial score (nSPS) is 16.4. The first-order chi connectivity index (χ1) is 11.6. The average Bonchev–Trinajstić information content (AvgIpc) is 2.61. The fourth-order valence-electron chi connectivity index (χ4n) is 2.81. The highest BCUT2D eigenvalue weighted by atomic mass is 16.5. The second-order valence-electron chi connectivity index (χ2n) is 6.31. The number of hydrogen-bond acceptors (Lipinski definition) is 4. The van der Waals surface area contributed by atoms with E-state index in [4.69, 9.17) is 4.74 Å². The largest absolute Gasteiger partial charge is 0.378 e. The van der Waals surface area contributed by atoms with Gasteiger partial charge in [-0.1, -0.05) is 6.07 Å². The maximum Gasteiger partial charge on any atom is 0.322 e. The molecule has 6 heteroatoms. The maximum atomic E-state index is 12.5. The molecule has 1 aliphatic rings. The lowest BCUT2D eigenvalue weighted by Gasteiger charge is -2.27. The van der Waals surface area contributed by atoms with E-state index in [0.717, 1.165) is 22.2 Å². The molecule has 0 radical (unpaired) electrons. The molecule has 2 heterocycles. The third kappa shape index (κ3) is 3.49. The van der Waals surface area contributed by atoms with Crippen LogP contribution in [0, 0.1) is 0 Å². The lowest BCUT2D eigenvalue weighted by Crippen LogP contribution is -2.43. The van der Waals surface area contributed by atoms with E-state index in [1.165, 1.54) is 0 Å². The fourth-order valence-corrected chi connectivity index (χ4v) is 2.81. The zero-order chi connectivity index (χ0) is 17.1. The van der Waals surface area contributed by atoms with E-state index in [2.05, 4.69) is 28.2 Å². The van der Waals surface area contributed by atoms with Gasteiger partial charge in [-0.15, -0.1) is 0 Å². The van der Waals surface area contributed by atoms with Gasteiger partial charge in [-0.05, 0) is 44.8 Å². The molecule has 6 nitrogen and oxygen atoms in total. The average molecular weight is 328 g/mol. The second-order valence-corrected chi connectivity index (χ2v) is 6.31. The first kappa shape index (κ1) is 16.7. The van der Waals surface area contributed by atoms with E-state index in [9.17, 15) is 4.79 Å². The van der Waals surface area contributed by atoms with Crippen LogP contribution >= 0.6 is 0 Å². The first-order valence-electron chi connectivity index (χ1n) is 8.25. The number of anilines is 1. The third-order valence-electron chi connectivity index (χ3n) is 4.52. The van der Waals surface area contributed by atoms with Crippen molar-refractivity contribution < 1.29 is 9.53 Å². The molecule has 0 aliphatic carbocycles. The van der Waals surface area contributed by atoms with E-state index in [-0.39, 0.29) is 12.1 Å². The molecule has 24 heavy (non-hydrogen) atoms. The Labute approximate surface area is 142 Å². The van der Waals surface area contributed by atoms with Gasteiger partial charge in [-0.2, -0.15) is 0 Å². The highest BCUT2D eigenvalue weighted by Crippen LogP contribution is 2.28. The number of pyridine rings is 1. The molecule has 1 fully saturated rings. The van der Waals surface area contributed by atoms with Gasteiger partial charge >= 0.3 is 6.03 Å². The van der Waals surface area contributed by atoms with Crippen LogP contribution in [0.1, 0.15) is 18.5 Å². The Balaban J connectivity index is 1.94. The van der Waals surface area contributed by atoms with E-state index < -0.39 is 0 Å². The monoisotopic (exact) mass is 328 g/mol. The molecular formula is C18H24N4O2. The van der Waals surface area contributed by atoms with Gasteiger partial charge in [-0.25, -0.2) is 4.79 Å². The quantitative estimate of drug-likeness (QED) is 0.941. The minimum Gasteiger partial charge on any atom is -0.378 e. The molecule has 1 aromatic carbocycles. The topological polar surface area (TPSA) is 57.7 Å². The Kier molecular flexibility index (Phi) is 4.97. The summed E-state index contributed by atoms with van der Waals surface area (Å²) in [5.74, 6) is 0. The Hall–Kier alpha value is -2.18. The van der Waals surface area contributed by atoms with Crippen molar-refractivity contribution >= 4 is 22.6 Å². The van der Waals surface area contributed by atoms with Crippen LogP contribution in [0.15, 0.2) is 30.5 Å². The lowest BCUT2D eigenvalue weighted by molar-refractivity contribution is 0.0565. The summed E-state index contributed by atoms with van der Waals surface area (Å²) < 4.78 is 5.31.